The Hall–Kier alpha value is -0.460. The molecule has 12 heavy (non-hydrogen) atoms. The van der Waals surface area contributed by atoms with Crippen LogP contribution in [0.2, 0.25) is 0 Å². The van der Waals surface area contributed by atoms with E-state index in [9.17, 15) is 0 Å². The normalized spacial score (nSPS) is 46.4. The highest BCUT2D eigenvalue weighted by molar-refractivity contribution is 5.15. The highest BCUT2D eigenvalue weighted by Crippen LogP contribution is 2.39. The second-order valence-electron chi connectivity index (χ2n) is 4.69. The highest BCUT2D eigenvalue weighted by atomic mass is 14.9. The molecule has 1 nitrogen and oxygen atoms in total. The van der Waals surface area contributed by atoms with Crippen molar-refractivity contribution >= 4 is 0 Å². The van der Waals surface area contributed by atoms with E-state index in [2.05, 4.69) is 32.3 Å². The molecule has 0 amide bonds. The third-order valence-corrected chi connectivity index (χ3v) is 3.82. The topological polar surface area (TPSA) is 12.0 Å². The van der Waals surface area contributed by atoms with Gasteiger partial charge in [0, 0.05) is 12.0 Å². The molecular formula is C11H19N. The van der Waals surface area contributed by atoms with Gasteiger partial charge in [-0.2, -0.15) is 0 Å². The van der Waals surface area contributed by atoms with Gasteiger partial charge >= 0.3 is 0 Å². The molecule has 0 bridgehead atoms. The predicted octanol–water partition coefficient (Wildman–Crippen LogP) is 2.54. The second-order valence-corrected chi connectivity index (χ2v) is 4.69. The lowest BCUT2D eigenvalue weighted by atomic mass is 9.72. The quantitative estimate of drug-likeness (QED) is 0.581. The van der Waals surface area contributed by atoms with Gasteiger partial charge in [0.2, 0.25) is 0 Å². The summed E-state index contributed by atoms with van der Waals surface area (Å²) >= 11 is 0. The summed E-state index contributed by atoms with van der Waals surface area (Å²) in [7, 11) is 0. The van der Waals surface area contributed by atoms with Crippen LogP contribution in [0.4, 0.5) is 0 Å². The molecule has 1 fully saturated rings. The summed E-state index contributed by atoms with van der Waals surface area (Å²) in [6, 6.07) is 0.760. The number of hydrogen-bond acceptors (Lipinski definition) is 1. The minimum atomic E-state index is 0.760. The molecule has 2 rings (SSSR count). The zero-order valence-corrected chi connectivity index (χ0v) is 8.30. The minimum absolute atomic E-state index is 0.760. The third-order valence-electron chi connectivity index (χ3n) is 3.82. The summed E-state index contributed by atoms with van der Waals surface area (Å²) < 4.78 is 0. The molecule has 0 aromatic rings. The first-order valence-corrected chi connectivity index (χ1v) is 5.11. The van der Waals surface area contributed by atoms with E-state index in [0.29, 0.717) is 0 Å². The zero-order valence-electron chi connectivity index (χ0n) is 8.30. The van der Waals surface area contributed by atoms with Gasteiger partial charge < -0.3 is 5.32 Å². The Morgan fingerprint density at radius 1 is 1.25 bits per heavy atom. The van der Waals surface area contributed by atoms with E-state index in [1.807, 2.05) is 0 Å². The molecule has 1 N–H and O–H groups in total. The molecular weight excluding hydrogens is 146 g/mol. The first-order valence-electron chi connectivity index (χ1n) is 5.11. The largest absolute Gasteiger partial charge is 0.388 e. The van der Waals surface area contributed by atoms with Gasteiger partial charge in [0.15, 0.2) is 0 Å². The molecule has 1 aliphatic heterocycles. The molecule has 0 spiro atoms. The number of rotatable bonds is 0. The Labute approximate surface area is 75.2 Å². The fraction of sp³-hybridized carbons (Fsp3) is 0.818. The average molecular weight is 165 g/mol. The lowest BCUT2D eigenvalue weighted by molar-refractivity contribution is 0.199. The Morgan fingerprint density at radius 2 is 1.92 bits per heavy atom. The summed E-state index contributed by atoms with van der Waals surface area (Å²) in [6.45, 7) is 7.04. The van der Waals surface area contributed by atoms with E-state index < -0.39 is 0 Å². The van der Waals surface area contributed by atoms with E-state index in [-0.39, 0.29) is 0 Å². The second kappa shape index (κ2) is 2.79. The predicted molar refractivity (Wildman–Crippen MR) is 51.7 cm³/mol. The molecule has 0 aromatic heterocycles. The van der Waals surface area contributed by atoms with E-state index in [1.54, 1.807) is 5.57 Å². The minimum Gasteiger partial charge on any atom is -0.388 e. The van der Waals surface area contributed by atoms with Crippen LogP contribution >= 0.6 is 0 Å². The van der Waals surface area contributed by atoms with E-state index in [0.717, 1.165) is 23.8 Å². The lowest BCUT2D eigenvalue weighted by Gasteiger charge is -2.35. The van der Waals surface area contributed by atoms with Crippen molar-refractivity contribution in [3.8, 4) is 0 Å². The van der Waals surface area contributed by atoms with Gasteiger partial charge in [-0.1, -0.05) is 19.4 Å². The van der Waals surface area contributed by atoms with Crippen molar-refractivity contribution in [2.24, 2.45) is 17.8 Å². The number of nitrogens with one attached hydrogen (secondary N) is 1. The van der Waals surface area contributed by atoms with Crippen LogP contribution in [0.5, 0.6) is 0 Å². The van der Waals surface area contributed by atoms with Crippen molar-refractivity contribution in [2.75, 3.05) is 0 Å². The van der Waals surface area contributed by atoms with E-state index in [4.69, 9.17) is 0 Å². The van der Waals surface area contributed by atoms with Crippen LogP contribution in [0, 0.1) is 17.8 Å². The molecule has 0 saturated heterocycles. The van der Waals surface area contributed by atoms with Crippen LogP contribution in [0.1, 0.15) is 33.6 Å². The number of hydrogen-bond donors (Lipinski definition) is 1. The van der Waals surface area contributed by atoms with Crippen molar-refractivity contribution in [2.45, 2.75) is 39.7 Å². The van der Waals surface area contributed by atoms with Gasteiger partial charge in [0.25, 0.3) is 0 Å². The van der Waals surface area contributed by atoms with Crippen LogP contribution in [-0.4, -0.2) is 6.04 Å². The summed E-state index contributed by atoms with van der Waals surface area (Å²) in [5, 5.41) is 3.50. The van der Waals surface area contributed by atoms with Crippen LogP contribution in [0.3, 0.4) is 0 Å². The number of fused-ring (bicyclic) bond motifs is 1. The Morgan fingerprint density at radius 3 is 2.67 bits per heavy atom. The lowest BCUT2D eigenvalue weighted by Crippen LogP contribution is -2.37. The fourth-order valence-corrected chi connectivity index (χ4v) is 2.63. The van der Waals surface area contributed by atoms with Crippen LogP contribution in [0.15, 0.2) is 11.8 Å². The Bertz CT molecular complexity index is 207. The third kappa shape index (κ3) is 1.16. The monoisotopic (exact) mass is 165 g/mol. The Kier molecular flexibility index (Phi) is 1.90. The average Bonchev–Trinajstić information content (AvgIpc) is 2.35. The molecule has 4 atom stereocenters. The zero-order chi connectivity index (χ0) is 8.72. The van der Waals surface area contributed by atoms with Gasteiger partial charge in [-0.05, 0) is 37.8 Å². The van der Waals surface area contributed by atoms with Gasteiger partial charge in [-0.25, -0.2) is 0 Å². The van der Waals surface area contributed by atoms with E-state index >= 15 is 0 Å². The molecule has 1 saturated carbocycles. The summed E-state index contributed by atoms with van der Waals surface area (Å²) in [5.74, 6) is 2.66. The molecule has 0 aromatic carbocycles. The Balaban J connectivity index is 2.09. The molecule has 1 heteroatoms. The van der Waals surface area contributed by atoms with Crippen LogP contribution in [-0.2, 0) is 0 Å². The molecule has 68 valence electrons. The maximum absolute atomic E-state index is 3.50. The highest BCUT2D eigenvalue weighted by Gasteiger charge is 2.35. The first kappa shape index (κ1) is 8.15. The fourth-order valence-electron chi connectivity index (χ4n) is 2.63. The summed E-state index contributed by atoms with van der Waals surface area (Å²) in [6.07, 6.45) is 4.97. The first-order chi connectivity index (χ1) is 5.68. The maximum atomic E-state index is 3.50. The van der Waals surface area contributed by atoms with Crippen molar-refractivity contribution in [3.63, 3.8) is 0 Å². The SMILES string of the molecule is CC1=CNC2CC(C)C(C)CC12. The van der Waals surface area contributed by atoms with Gasteiger partial charge in [0.05, 0.1) is 0 Å². The molecule has 1 aliphatic carbocycles. The smallest absolute Gasteiger partial charge is 0.0324 e. The van der Waals surface area contributed by atoms with Crippen molar-refractivity contribution in [1.29, 1.82) is 0 Å². The molecule has 4 unspecified atom stereocenters. The van der Waals surface area contributed by atoms with Crippen molar-refractivity contribution in [1.82, 2.24) is 5.32 Å². The molecule has 2 aliphatic rings. The van der Waals surface area contributed by atoms with Crippen LogP contribution < -0.4 is 5.32 Å². The van der Waals surface area contributed by atoms with Crippen LogP contribution in [0.25, 0.3) is 0 Å². The van der Waals surface area contributed by atoms with Gasteiger partial charge in [0.1, 0.15) is 0 Å². The summed E-state index contributed by atoms with van der Waals surface area (Å²) in [5.41, 5.74) is 1.57. The van der Waals surface area contributed by atoms with Gasteiger partial charge in [-0.3, -0.25) is 0 Å². The standard InChI is InChI=1S/C11H19N/c1-7-4-10-9(3)6-12-11(10)5-8(7)2/h6-8,10-12H,4-5H2,1-3H3. The van der Waals surface area contributed by atoms with Gasteiger partial charge in [-0.15, -0.1) is 0 Å². The van der Waals surface area contributed by atoms with Crippen molar-refractivity contribution in [3.05, 3.63) is 11.8 Å². The summed E-state index contributed by atoms with van der Waals surface area (Å²) in [4.78, 5) is 0. The molecule has 1 heterocycles. The maximum Gasteiger partial charge on any atom is 0.0324 e. The molecule has 0 radical (unpaired) electrons. The van der Waals surface area contributed by atoms with Crippen molar-refractivity contribution < 1.29 is 0 Å². The van der Waals surface area contributed by atoms with E-state index in [1.165, 1.54) is 12.8 Å².